The van der Waals surface area contributed by atoms with Crippen LogP contribution in [0.5, 0.6) is 5.75 Å². The standard InChI is InChI=1S/C11H9F5INO3/c1-2-20-7(19)3-5-8(9(12)13)6(4-18-10(5)17)21-11(14,15)16/h4,9H,2-3H2,1H3. The molecule has 118 valence electrons. The highest BCUT2D eigenvalue weighted by Crippen LogP contribution is 2.36. The van der Waals surface area contributed by atoms with E-state index in [2.05, 4.69) is 14.5 Å². The summed E-state index contributed by atoms with van der Waals surface area (Å²) in [4.78, 5) is 14.9. The molecule has 0 aliphatic rings. The van der Waals surface area contributed by atoms with E-state index in [0.29, 0.717) is 6.20 Å². The number of halogens is 6. The minimum absolute atomic E-state index is 0.0194. The molecule has 0 aliphatic carbocycles. The Labute approximate surface area is 129 Å². The van der Waals surface area contributed by atoms with Crippen molar-refractivity contribution in [1.82, 2.24) is 4.98 Å². The molecule has 0 aliphatic heterocycles. The van der Waals surface area contributed by atoms with Crippen LogP contribution in [0.2, 0.25) is 0 Å². The van der Waals surface area contributed by atoms with E-state index in [0.717, 1.165) is 0 Å². The van der Waals surface area contributed by atoms with E-state index >= 15 is 0 Å². The van der Waals surface area contributed by atoms with Gasteiger partial charge in [0, 0.05) is 5.56 Å². The number of hydrogen-bond acceptors (Lipinski definition) is 4. The summed E-state index contributed by atoms with van der Waals surface area (Å²) in [6.07, 6.45) is -8.47. The Morgan fingerprint density at radius 2 is 2.05 bits per heavy atom. The Balaban J connectivity index is 3.27. The average Bonchev–Trinajstić information content (AvgIpc) is 2.31. The van der Waals surface area contributed by atoms with Gasteiger partial charge in [0.15, 0.2) is 5.75 Å². The van der Waals surface area contributed by atoms with Crippen LogP contribution in [-0.2, 0) is 16.0 Å². The highest BCUT2D eigenvalue weighted by molar-refractivity contribution is 14.1. The smallest absolute Gasteiger partial charge is 0.466 e. The van der Waals surface area contributed by atoms with Crippen molar-refractivity contribution in [3.8, 4) is 5.75 Å². The number of aromatic nitrogens is 1. The fourth-order valence-electron chi connectivity index (χ4n) is 1.49. The molecular weight excluding hydrogens is 416 g/mol. The molecule has 0 radical (unpaired) electrons. The molecule has 0 bridgehead atoms. The molecular formula is C11H9F5INO3. The topological polar surface area (TPSA) is 48.4 Å². The second-order valence-corrected chi connectivity index (χ2v) is 4.66. The van der Waals surface area contributed by atoms with Crippen LogP contribution in [0.3, 0.4) is 0 Å². The van der Waals surface area contributed by atoms with Gasteiger partial charge in [-0.2, -0.15) is 0 Å². The number of alkyl halides is 5. The third-order valence-corrected chi connectivity index (χ3v) is 3.13. The molecule has 0 unspecified atom stereocenters. The molecule has 0 amide bonds. The van der Waals surface area contributed by atoms with Crippen LogP contribution in [0.15, 0.2) is 6.20 Å². The summed E-state index contributed by atoms with van der Waals surface area (Å²) >= 11 is 1.55. The van der Waals surface area contributed by atoms with E-state index < -0.39 is 36.5 Å². The molecule has 0 saturated heterocycles. The van der Waals surface area contributed by atoms with Crippen molar-refractivity contribution in [3.05, 3.63) is 21.0 Å². The number of carbonyl (C=O) groups is 1. The highest BCUT2D eigenvalue weighted by atomic mass is 127. The van der Waals surface area contributed by atoms with E-state index in [1.807, 2.05) is 0 Å². The fourth-order valence-corrected chi connectivity index (χ4v) is 2.11. The van der Waals surface area contributed by atoms with Gasteiger partial charge in [0.05, 0.1) is 24.8 Å². The second kappa shape index (κ2) is 7.18. The van der Waals surface area contributed by atoms with Crippen LogP contribution in [0.25, 0.3) is 0 Å². The predicted molar refractivity (Wildman–Crippen MR) is 68.9 cm³/mol. The normalized spacial score (nSPS) is 11.6. The largest absolute Gasteiger partial charge is 0.573 e. The molecule has 21 heavy (non-hydrogen) atoms. The lowest BCUT2D eigenvalue weighted by Gasteiger charge is -2.16. The van der Waals surface area contributed by atoms with E-state index in [-0.39, 0.29) is 15.9 Å². The van der Waals surface area contributed by atoms with Gasteiger partial charge in [0.25, 0.3) is 6.43 Å². The minimum atomic E-state index is -5.14. The predicted octanol–water partition coefficient (Wildman–Crippen LogP) is 3.63. The van der Waals surface area contributed by atoms with Gasteiger partial charge < -0.3 is 9.47 Å². The molecule has 0 aromatic carbocycles. The number of nitrogens with zero attached hydrogens (tertiary/aromatic N) is 1. The molecule has 1 heterocycles. The first kappa shape index (κ1) is 17.9. The molecule has 4 nitrogen and oxygen atoms in total. The fraction of sp³-hybridized carbons (Fsp3) is 0.455. The van der Waals surface area contributed by atoms with Crippen LogP contribution in [0, 0.1) is 3.70 Å². The molecule has 0 atom stereocenters. The zero-order chi connectivity index (χ0) is 16.2. The Hall–Kier alpha value is -1.20. The third-order valence-electron chi connectivity index (χ3n) is 2.21. The van der Waals surface area contributed by atoms with Crippen LogP contribution < -0.4 is 4.74 Å². The maximum absolute atomic E-state index is 13.0. The number of hydrogen-bond donors (Lipinski definition) is 0. The monoisotopic (exact) mass is 425 g/mol. The van der Waals surface area contributed by atoms with Crippen LogP contribution in [0.1, 0.15) is 24.5 Å². The summed E-state index contributed by atoms with van der Waals surface area (Å²) in [5.74, 6) is -1.97. The summed E-state index contributed by atoms with van der Waals surface area (Å²) in [6.45, 7) is 1.53. The van der Waals surface area contributed by atoms with Gasteiger partial charge >= 0.3 is 12.3 Å². The maximum atomic E-state index is 13.0. The maximum Gasteiger partial charge on any atom is 0.573 e. The highest BCUT2D eigenvalue weighted by Gasteiger charge is 2.35. The second-order valence-electron chi connectivity index (χ2n) is 3.64. The molecule has 1 rings (SSSR count). The Kier molecular flexibility index (Phi) is 6.10. The van der Waals surface area contributed by atoms with Crippen molar-refractivity contribution < 1.29 is 36.2 Å². The van der Waals surface area contributed by atoms with E-state index in [1.54, 1.807) is 22.6 Å². The Bertz CT molecular complexity index is 521. The van der Waals surface area contributed by atoms with Gasteiger partial charge in [0.2, 0.25) is 0 Å². The molecule has 0 fully saturated rings. The van der Waals surface area contributed by atoms with Crippen LogP contribution in [0.4, 0.5) is 22.0 Å². The molecule has 0 spiro atoms. The Morgan fingerprint density at radius 3 is 2.52 bits per heavy atom. The van der Waals surface area contributed by atoms with Gasteiger partial charge in [-0.1, -0.05) is 0 Å². The average molecular weight is 425 g/mol. The summed E-state index contributed by atoms with van der Waals surface area (Å²) in [6, 6.07) is 0. The number of carbonyl (C=O) groups excluding carboxylic acids is 1. The van der Waals surface area contributed by atoms with Crippen molar-refractivity contribution in [2.75, 3.05) is 6.61 Å². The van der Waals surface area contributed by atoms with E-state index in [9.17, 15) is 26.7 Å². The van der Waals surface area contributed by atoms with Crippen molar-refractivity contribution in [1.29, 1.82) is 0 Å². The third kappa shape index (κ3) is 5.25. The Morgan fingerprint density at radius 1 is 1.43 bits per heavy atom. The summed E-state index contributed by atoms with van der Waals surface area (Å²) < 4.78 is 70.8. The van der Waals surface area contributed by atoms with Gasteiger partial charge in [-0.25, -0.2) is 13.8 Å². The number of rotatable bonds is 5. The van der Waals surface area contributed by atoms with Crippen molar-refractivity contribution >= 4 is 28.6 Å². The van der Waals surface area contributed by atoms with Crippen molar-refractivity contribution in [2.45, 2.75) is 26.1 Å². The SMILES string of the molecule is CCOC(=O)Cc1c(I)ncc(OC(F)(F)F)c1C(F)F. The molecule has 0 saturated carbocycles. The van der Waals surface area contributed by atoms with Crippen molar-refractivity contribution in [3.63, 3.8) is 0 Å². The zero-order valence-corrected chi connectivity index (χ0v) is 12.7. The minimum Gasteiger partial charge on any atom is -0.466 e. The zero-order valence-electron chi connectivity index (χ0n) is 10.5. The summed E-state index contributed by atoms with van der Waals surface area (Å²) in [7, 11) is 0. The van der Waals surface area contributed by atoms with Crippen molar-refractivity contribution in [2.24, 2.45) is 0 Å². The molecule has 1 aromatic rings. The number of ether oxygens (including phenoxy) is 2. The lowest BCUT2D eigenvalue weighted by atomic mass is 10.1. The molecule has 10 heteroatoms. The van der Waals surface area contributed by atoms with Gasteiger partial charge in [-0.05, 0) is 29.5 Å². The lowest BCUT2D eigenvalue weighted by molar-refractivity contribution is -0.275. The number of esters is 1. The molecule has 1 aromatic heterocycles. The first-order valence-electron chi connectivity index (χ1n) is 5.52. The van der Waals surface area contributed by atoms with Gasteiger partial charge in [-0.3, -0.25) is 4.79 Å². The van der Waals surface area contributed by atoms with Crippen LogP contribution >= 0.6 is 22.6 Å². The van der Waals surface area contributed by atoms with Crippen LogP contribution in [-0.4, -0.2) is 23.9 Å². The molecule has 0 N–H and O–H groups in total. The lowest BCUT2D eigenvalue weighted by Crippen LogP contribution is -2.20. The summed E-state index contributed by atoms with van der Waals surface area (Å²) in [5, 5.41) is 0. The number of pyridine rings is 1. The van der Waals surface area contributed by atoms with Gasteiger partial charge in [-0.15, -0.1) is 13.2 Å². The van der Waals surface area contributed by atoms with Gasteiger partial charge in [0.1, 0.15) is 3.70 Å². The van der Waals surface area contributed by atoms with E-state index in [4.69, 9.17) is 0 Å². The first-order chi connectivity index (χ1) is 9.65. The quantitative estimate of drug-likeness (QED) is 0.313. The van der Waals surface area contributed by atoms with E-state index in [1.165, 1.54) is 6.92 Å². The summed E-state index contributed by atoms with van der Waals surface area (Å²) in [5.41, 5.74) is -1.36. The first-order valence-corrected chi connectivity index (χ1v) is 6.60.